The number of amides is 1. The van der Waals surface area contributed by atoms with Crippen molar-refractivity contribution in [3.8, 4) is 0 Å². The molecule has 9 heteroatoms. The highest BCUT2D eigenvalue weighted by Gasteiger charge is 2.26. The zero-order chi connectivity index (χ0) is 24.1. The van der Waals surface area contributed by atoms with E-state index in [1.54, 1.807) is 9.80 Å². The number of nitrogen functional groups attached to an aromatic ring is 1. The van der Waals surface area contributed by atoms with Gasteiger partial charge in [0, 0.05) is 19.6 Å². The number of carbonyl (C=O) groups is 1. The molecule has 0 spiro atoms. The fourth-order valence-corrected chi connectivity index (χ4v) is 4.13. The molecule has 0 bridgehead atoms. The second-order valence-electron chi connectivity index (χ2n) is 8.43. The summed E-state index contributed by atoms with van der Waals surface area (Å²) in [5.74, 6) is -0.109. The van der Waals surface area contributed by atoms with Crippen LogP contribution in [0.2, 0.25) is 0 Å². The minimum absolute atomic E-state index is 0.0247. The lowest BCUT2D eigenvalue weighted by Gasteiger charge is -2.33. The van der Waals surface area contributed by atoms with E-state index in [1.807, 2.05) is 67.6 Å². The molecule has 34 heavy (non-hydrogen) atoms. The molecule has 0 saturated carbocycles. The number of benzene rings is 2. The smallest absolute Gasteiger partial charge is 0.330 e. The molecular formula is C25H29N5O4. The van der Waals surface area contributed by atoms with E-state index in [9.17, 15) is 14.4 Å². The predicted molar refractivity (Wildman–Crippen MR) is 131 cm³/mol. The van der Waals surface area contributed by atoms with Gasteiger partial charge in [0.2, 0.25) is 5.91 Å². The van der Waals surface area contributed by atoms with Crippen molar-refractivity contribution in [3.63, 3.8) is 0 Å². The summed E-state index contributed by atoms with van der Waals surface area (Å²) >= 11 is 0. The number of hydrogen-bond donors (Lipinski definition) is 2. The van der Waals surface area contributed by atoms with Crippen molar-refractivity contribution in [2.24, 2.45) is 0 Å². The summed E-state index contributed by atoms with van der Waals surface area (Å²) in [5, 5.41) is 0. The van der Waals surface area contributed by atoms with E-state index in [1.165, 1.54) is 4.57 Å². The van der Waals surface area contributed by atoms with Gasteiger partial charge in [-0.2, -0.15) is 0 Å². The van der Waals surface area contributed by atoms with Gasteiger partial charge in [0.1, 0.15) is 11.5 Å². The van der Waals surface area contributed by atoms with Crippen LogP contribution in [0.3, 0.4) is 0 Å². The topological polar surface area (TPSA) is 114 Å². The summed E-state index contributed by atoms with van der Waals surface area (Å²) in [6.45, 7) is 3.78. The number of nitrogens with one attached hydrogen (secondary N) is 1. The standard InChI is InChI=1S/C25H29N5O4/c1-18-14-28(12-13-34-18)21(31)17-29(15-19-8-4-2-5-9-19)22-23(26)30(25(33)27-24(22)32)16-20-10-6-3-7-11-20/h2-11,18H,12-17,26H2,1H3,(H,27,32,33). The van der Waals surface area contributed by atoms with Crippen molar-refractivity contribution in [1.82, 2.24) is 14.5 Å². The van der Waals surface area contributed by atoms with Gasteiger partial charge in [-0.1, -0.05) is 60.7 Å². The highest BCUT2D eigenvalue weighted by atomic mass is 16.5. The van der Waals surface area contributed by atoms with Crippen molar-refractivity contribution < 1.29 is 9.53 Å². The predicted octanol–water partition coefficient (Wildman–Crippen LogP) is 1.42. The molecule has 178 valence electrons. The van der Waals surface area contributed by atoms with Gasteiger partial charge in [0.05, 0.1) is 25.8 Å². The molecule has 1 aromatic heterocycles. The summed E-state index contributed by atoms with van der Waals surface area (Å²) < 4.78 is 6.87. The first-order valence-corrected chi connectivity index (χ1v) is 11.3. The average Bonchev–Trinajstić information content (AvgIpc) is 2.83. The van der Waals surface area contributed by atoms with Crippen LogP contribution in [0.4, 0.5) is 11.5 Å². The number of ether oxygens (including phenoxy) is 1. The molecule has 1 fully saturated rings. The molecule has 1 aliphatic heterocycles. The fourth-order valence-electron chi connectivity index (χ4n) is 4.13. The van der Waals surface area contributed by atoms with E-state index >= 15 is 0 Å². The SMILES string of the molecule is CC1CN(C(=O)CN(Cc2ccccc2)c2c(N)n(Cc3ccccc3)c(=O)[nH]c2=O)CCO1. The summed E-state index contributed by atoms with van der Waals surface area (Å²) in [6, 6.07) is 18.9. The van der Waals surface area contributed by atoms with Crippen LogP contribution in [0.15, 0.2) is 70.3 Å². The van der Waals surface area contributed by atoms with Crippen LogP contribution in [0.5, 0.6) is 0 Å². The largest absolute Gasteiger partial charge is 0.383 e. The van der Waals surface area contributed by atoms with Crippen LogP contribution in [-0.2, 0) is 22.6 Å². The number of H-pyrrole nitrogens is 1. The van der Waals surface area contributed by atoms with Gasteiger partial charge in [-0.3, -0.25) is 19.1 Å². The maximum Gasteiger partial charge on any atom is 0.330 e. The van der Waals surface area contributed by atoms with E-state index < -0.39 is 11.2 Å². The summed E-state index contributed by atoms with van der Waals surface area (Å²) in [5.41, 5.74) is 7.08. The molecule has 1 saturated heterocycles. The van der Waals surface area contributed by atoms with E-state index in [0.29, 0.717) is 19.7 Å². The summed E-state index contributed by atoms with van der Waals surface area (Å²) in [4.78, 5) is 44.5. The molecule has 1 atom stereocenters. The Morgan fingerprint density at radius 3 is 2.38 bits per heavy atom. The molecule has 0 aliphatic carbocycles. The number of carbonyl (C=O) groups excluding carboxylic acids is 1. The molecule has 1 unspecified atom stereocenters. The summed E-state index contributed by atoms with van der Waals surface area (Å²) in [6.07, 6.45) is -0.0541. The fraction of sp³-hybridized carbons (Fsp3) is 0.320. The van der Waals surface area contributed by atoms with Crippen LogP contribution in [0.1, 0.15) is 18.1 Å². The van der Waals surface area contributed by atoms with Gasteiger partial charge in [-0.15, -0.1) is 0 Å². The van der Waals surface area contributed by atoms with Gasteiger partial charge in [-0.05, 0) is 18.1 Å². The minimum Gasteiger partial charge on any atom is -0.383 e. The molecule has 9 nitrogen and oxygen atoms in total. The number of rotatable bonds is 7. The molecule has 4 rings (SSSR count). The van der Waals surface area contributed by atoms with Gasteiger partial charge in [0.25, 0.3) is 5.56 Å². The third-order valence-electron chi connectivity index (χ3n) is 5.85. The van der Waals surface area contributed by atoms with Crippen LogP contribution in [0.25, 0.3) is 0 Å². The van der Waals surface area contributed by atoms with E-state index in [2.05, 4.69) is 4.98 Å². The second-order valence-corrected chi connectivity index (χ2v) is 8.43. The monoisotopic (exact) mass is 463 g/mol. The number of nitrogens with two attached hydrogens (primary N) is 1. The molecule has 2 aromatic carbocycles. The molecule has 2 heterocycles. The van der Waals surface area contributed by atoms with Gasteiger partial charge in [-0.25, -0.2) is 4.79 Å². The second kappa shape index (κ2) is 10.4. The molecule has 3 N–H and O–H groups in total. The third kappa shape index (κ3) is 5.37. The molecular weight excluding hydrogens is 434 g/mol. The zero-order valence-corrected chi connectivity index (χ0v) is 19.1. The molecule has 3 aromatic rings. The first kappa shape index (κ1) is 23.3. The molecule has 0 radical (unpaired) electrons. The maximum absolute atomic E-state index is 13.2. The molecule has 1 aliphatic rings. The van der Waals surface area contributed by atoms with Gasteiger partial charge in [0.15, 0.2) is 0 Å². The lowest BCUT2D eigenvalue weighted by atomic mass is 10.2. The Balaban J connectivity index is 1.71. The number of hydrogen-bond acceptors (Lipinski definition) is 6. The Kier molecular flexibility index (Phi) is 7.12. The van der Waals surface area contributed by atoms with Crippen molar-refractivity contribution in [2.45, 2.75) is 26.1 Å². The lowest BCUT2D eigenvalue weighted by molar-refractivity contribution is -0.136. The van der Waals surface area contributed by atoms with Crippen LogP contribution in [-0.4, -0.2) is 52.7 Å². The van der Waals surface area contributed by atoms with Crippen LogP contribution in [0, 0.1) is 0 Å². The van der Waals surface area contributed by atoms with E-state index in [4.69, 9.17) is 10.5 Å². The number of aromatic amines is 1. The highest BCUT2D eigenvalue weighted by molar-refractivity contribution is 5.82. The summed E-state index contributed by atoms with van der Waals surface area (Å²) in [7, 11) is 0. The van der Waals surface area contributed by atoms with E-state index in [0.717, 1.165) is 11.1 Å². The third-order valence-corrected chi connectivity index (χ3v) is 5.85. The lowest BCUT2D eigenvalue weighted by Crippen LogP contribution is -2.49. The van der Waals surface area contributed by atoms with Crippen molar-refractivity contribution in [3.05, 3.63) is 92.6 Å². The van der Waals surface area contributed by atoms with Gasteiger partial charge >= 0.3 is 5.69 Å². The normalized spacial score (nSPS) is 15.8. The number of morpholine rings is 1. The van der Waals surface area contributed by atoms with Crippen molar-refractivity contribution in [1.29, 1.82) is 0 Å². The van der Waals surface area contributed by atoms with Crippen LogP contribution >= 0.6 is 0 Å². The Hall–Kier alpha value is -3.85. The van der Waals surface area contributed by atoms with Crippen molar-refractivity contribution >= 4 is 17.4 Å². The maximum atomic E-state index is 13.2. The van der Waals surface area contributed by atoms with Gasteiger partial charge < -0.3 is 20.3 Å². The quantitative estimate of drug-likeness (QED) is 0.548. The minimum atomic E-state index is -0.620. The molecule has 1 amide bonds. The average molecular weight is 464 g/mol. The Morgan fingerprint density at radius 1 is 1.09 bits per heavy atom. The van der Waals surface area contributed by atoms with Crippen molar-refractivity contribution in [2.75, 3.05) is 36.9 Å². The number of anilines is 2. The number of aromatic nitrogens is 2. The highest BCUT2D eigenvalue weighted by Crippen LogP contribution is 2.21. The van der Waals surface area contributed by atoms with Crippen LogP contribution < -0.4 is 21.9 Å². The zero-order valence-electron chi connectivity index (χ0n) is 19.1. The number of nitrogens with zero attached hydrogens (tertiary/aromatic N) is 3. The first-order valence-electron chi connectivity index (χ1n) is 11.3. The first-order chi connectivity index (χ1) is 16.4. The Labute approximate surface area is 197 Å². The van der Waals surface area contributed by atoms with E-state index in [-0.39, 0.29) is 43.2 Å². The Bertz CT molecular complexity index is 1240. The Morgan fingerprint density at radius 2 is 1.74 bits per heavy atom.